The van der Waals surface area contributed by atoms with Crippen LogP contribution in [0.4, 0.5) is 4.39 Å². The molecule has 0 saturated heterocycles. The summed E-state index contributed by atoms with van der Waals surface area (Å²) in [7, 11) is 0. The van der Waals surface area contributed by atoms with Gasteiger partial charge in [0.25, 0.3) is 0 Å². The van der Waals surface area contributed by atoms with E-state index in [1.165, 1.54) is 41.5 Å². The van der Waals surface area contributed by atoms with Crippen molar-refractivity contribution in [2.24, 2.45) is 0 Å². The minimum absolute atomic E-state index is 0.113. The second kappa shape index (κ2) is 4.58. The summed E-state index contributed by atoms with van der Waals surface area (Å²) in [5.41, 5.74) is -2.01. The predicted octanol–water partition coefficient (Wildman–Crippen LogP) is 0.843. The minimum Gasteiger partial charge on any atom is -0.479 e. The molecule has 0 aliphatic heterocycles. The van der Waals surface area contributed by atoms with Crippen LogP contribution in [0.3, 0.4) is 0 Å². The van der Waals surface area contributed by atoms with E-state index < -0.39 is 23.9 Å². The first-order valence-corrected chi connectivity index (χ1v) is 5.20. The van der Waals surface area contributed by atoms with E-state index in [4.69, 9.17) is 0 Å². The van der Waals surface area contributed by atoms with Crippen molar-refractivity contribution in [1.82, 2.24) is 9.55 Å². The monoisotopic (exact) mass is 250 g/mol. The van der Waals surface area contributed by atoms with Gasteiger partial charge in [-0.05, 0) is 6.07 Å². The third-order valence-corrected chi connectivity index (χ3v) is 2.85. The number of halogens is 1. The van der Waals surface area contributed by atoms with Crippen molar-refractivity contribution in [3.8, 4) is 0 Å². The Labute approximate surface area is 102 Å². The smallest absolute Gasteiger partial charge is 0.337 e. The average molecular weight is 250 g/mol. The maximum atomic E-state index is 13.8. The van der Waals surface area contributed by atoms with Crippen LogP contribution >= 0.6 is 0 Å². The van der Waals surface area contributed by atoms with Gasteiger partial charge in [-0.2, -0.15) is 0 Å². The quantitative estimate of drug-likeness (QED) is 0.843. The van der Waals surface area contributed by atoms with Crippen LogP contribution in [0.5, 0.6) is 0 Å². The van der Waals surface area contributed by atoms with Crippen LogP contribution in [0.25, 0.3) is 0 Å². The largest absolute Gasteiger partial charge is 0.479 e. The summed E-state index contributed by atoms with van der Waals surface area (Å²) in [6.45, 7) is -0.778. The van der Waals surface area contributed by atoms with Gasteiger partial charge in [0.2, 0.25) is 0 Å². The second-order valence-electron chi connectivity index (χ2n) is 3.77. The van der Waals surface area contributed by atoms with Crippen LogP contribution in [-0.4, -0.2) is 32.3 Å². The van der Waals surface area contributed by atoms with E-state index in [2.05, 4.69) is 4.98 Å². The molecule has 1 aromatic heterocycles. The van der Waals surface area contributed by atoms with Gasteiger partial charge in [0, 0.05) is 18.0 Å². The maximum Gasteiger partial charge on any atom is 0.337 e. The average Bonchev–Trinajstić information content (AvgIpc) is 2.87. The number of benzene rings is 1. The molecule has 6 heteroatoms. The number of aliphatic hydroxyl groups excluding tert-OH is 1. The van der Waals surface area contributed by atoms with E-state index in [1.807, 2.05) is 0 Å². The lowest BCUT2D eigenvalue weighted by molar-refractivity contribution is -0.147. The van der Waals surface area contributed by atoms with E-state index in [9.17, 15) is 19.4 Å². The van der Waals surface area contributed by atoms with Gasteiger partial charge in [-0.25, -0.2) is 14.2 Å². The van der Waals surface area contributed by atoms with E-state index in [0.717, 1.165) is 6.07 Å². The van der Waals surface area contributed by atoms with Gasteiger partial charge >= 0.3 is 5.97 Å². The number of aliphatic hydroxyl groups is 1. The van der Waals surface area contributed by atoms with Crippen molar-refractivity contribution in [2.75, 3.05) is 6.61 Å². The number of carbonyl (C=O) groups is 1. The Kier molecular flexibility index (Phi) is 3.12. The lowest BCUT2D eigenvalue weighted by atomic mass is 9.90. The van der Waals surface area contributed by atoms with Gasteiger partial charge in [0.15, 0.2) is 5.54 Å². The van der Waals surface area contributed by atoms with Gasteiger partial charge in [-0.1, -0.05) is 18.2 Å². The van der Waals surface area contributed by atoms with E-state index >= 15 is 0 Å². The zero-order valence-corrected chi connectivity index (χ0v) is 9.32. The molecule has 0 spiro atoms. The van der Waals surface area contributed by atoms with E-state index in [0.29, 0.717) is 0 Å². The highest BCUT2D eigenvalue weighted by Crippen LogP contribution is 2.28. The molecule has 0 bridgehead atoms. The molecular weight excluding hydrogens is 239 g/mol. The normalized spacial score (nSPS) is 14.1. The molecule has 18 heavy (non-hydrogen) atoms. The van der Waals surface area contributed by atoms with E-state index in [1.54, 1.807) is 0 Å². The van der Waals surface area contributed by atoms with Crippen molar-refractivity contribution in [2.45, 2.75) is 5.54 Å². The Morgan fingerprint density at radius 1 is 1.44 bits per heavy atom. The Balaban J connectivity index is 2.71. The van der Waals surface area contributed by atoms with Crippen LogP contribution in [0.1, 0.15) is 5.56 Å². The molecule has 2 rings (SSSR count). The van der Waals surface area contributed by atoms with Crippen molar-refractivity contribution in [1.29, 1.82) is 0 Å². The van der Waals surface area contributed by atoms with Crippen LogP contribution in [-0.2, 0) is 10.3 Å². The third-order valence-electron chi connectivity index (χ3n) is 2.85. The van der Waals surface area contributed by atoms with Gasteiger partial charge in [-0.15, -0.1) is 0 Å². The second-order valence-corrected chi connectivity index (χ2v) is 3.77. The number of aromatic nitrogens is 2. The fourth-order valence-corrected chi connectivity index (χ4v) is 1.88. The molecule has 0 amide bonds. The predicted molar refractivity (Wildman–Crippen MR) is 60.4 cm³/mol. The number of imidazole rings is 1. The lowest BCUT2D eigenvalue weighted by Crippen LogP contribution is -2.46. The zero-order valence-electron chi connectivity index (χ0n) is 9.32. The summed E-state index contributed by atoms with van der Waals surface area (Å²) in [5, 5.41) is 18.9. The summed E-state index contributed by atoms with van der Waals surface area (Å²) in [5.74, 6) is -2.05. The number of carboxylic acid groups (broad SMARTS) is 1. The number of hydrogen-bond acceptors (Lipinski definition) is 3. The van der Waals surface area contributed by atoms with Crippen LogP contribution < -0.4 is 0 Å². The Morgan fingerprint density at radius 3 is 2.67 bits per heavy atom. The van der Waals surface area contributed by atoms with Crippen LogP contribution in [0.2, 0.25) is 0 Å². The number of aliphatic carboxylic acids is 1. The lowest BCUT2D eigenvalue weighted by Gasteiger charge is -2.29. The van der Waals surface area contributed by atoms with Crippen molar-refractivity contribution < 1.29 is 19.4 Å². The minimum atomic E-state index is -1.90. The molecule has 0 aliphatic carbocycles. The first kappa shape index (κ1) is 12.3. The van der Waals surface area contributed by atoms with Crippen molar-refractivity contribution in [3.63, 3.8) is 0 Å². The van der Waals surface area contributed by atoms with Crippen molar-refractivity contribution >= 4 is 5.97 Å². The number of nitrogens with zero attached hydrogens (tertiary/aromatic N) is 2. The molecule has 2 N–H and O–H groups in total. The Morgan fingerprint density at radius 2 is 2.17 bits per heavy atom. The summed E-state index contributed by atoms with van der Waals surface area (Å²) >= 11 is 0. The zero-order chi connectivity index (χ0) is 13.2. The first-order chi connectivity index (χ1) is 8.63. The summed E-state index contributed by atoms with van der Waals surface area (Å²) in [4.78, 5) is 15.3. The fraction of sp³-hybridized carbons (Fsp3) is 0.167. The summed E-state index contributed by atoms with van der Waals surface area (Å²) in [6, 6.07) is 5.46. The highest BCUT2D eigenvalue weighted by atomic mass is 19.1. The van der Waals surface area contributed by atoms with Crippen LogP contribution in [0, 0.1) is 5.82 Å². The highest BCUT2D eigenvalue weighted by molar-refractivity contribution is 5.81. The molecular formula is C12H11FN2O3. The molecule has 2 aromatic rings. The van der Waals surface area contributed by atoms with Gasteiger partial charge in [0.1, 0.15) is 5.82 Å². The van der Waals surface area contributed by atoms with Gasteiger partial charge in [-0.3, -0.25) is 0 Å². The standard InChI is InChI=1S/C12H11FN2O3/c13-10-4-2-1-3-9(10)12(7-16,11(17)18)15-6-5-14-8-15/h1-6,8,16H,7H2,(H,17,18). The maximum absolute atomic E-state index is 13.8. The third kappa shape index (κ3) is 1.67. The first-order valence-electron chi connectivity index (χ1n) is 5.20. The van der Waals surface area contributed by atoms with Crippen molar-refractivity contribution in [3.05, 3.63) is 54.4 Å². The number of hydrogen-bond donors (Lipinski definition) is 2. The fourth-order valence-electron chi connectivity index (χ4n) is 1.88. The summed E-state index contributed by atoms with van der Waals surface area (Å²) < 4.78 is 15.0. The van der Waals surface area contributed by atoms with Gasteiger partial charge < -0.3 is 14.8 Å². The molecule has 1 aromatic carbocycles. The molecule has 0 aliphatic rings. The molecule has 0 saturated carbocycles. The number of rotatable bonds is 4. The molecule has 0 radical (unpaired) electrons. The Hall–Kier alpha value is -2.21. The molecule has 0 fully saturated rings. The topological polar surface area (TPSA) is 75.3 Å². The van der Waals surface area contributed by atoms with Gasteiger partial charge in [0.05, 0.1) is 12.9 Å². The highest BCUT2D eigenvalue weighted by Gasteiger charge is 2.43. The molecule has 1 heterocycles. The molecule has 1 atom stereocenters. The summed E-state index contributed by atoms with van der Waals surface area (Å²) in [6.07, 6.45) is 3.97. The van der Waals surface area contributed by atoms with Crippen LogP contribution in [0.15, 0.2) is 43.0 Å². The molecule has 1 unspecified atom stereocenters. The Bertz CT molecular complexity index is 556. The SMILES string of the molecule is O=C(O)C(CO)(c1ccccc1F)n1ccnc1. The van der Waals surface area contributed by atoms with E-state index in [-0.39, 0.29) is 5.56 Å². The number of carboxylic acids is 1. The molecule has 5 nitrogen and oxygen atoms in total. The molecule has 94 valence electrons.